The standard InChI is InChI=1S/C20H28N4O3/c1-13-22-15(12-18(23-13)24-20(2,3)4)19(25)21-10-9-14-7-8-16(26-5)17(11-14)27-6/h7-8,11-12H,9-10H2,1-6H3,(H,21,25)(H,22,23,24). The first kappa shape index (κ1) is 20.5. The number of ether oxygens (including phenoxy) is 2. The lowest BCUT2D eigenvalue weighted by atomic mass is 10.1. The van der Waals surface area contributed by atoms with Crippen molar-refractivity contribution in [2.24, 2.45) is 0 Å². The number of aromatic nitrogens is 2. The first-order chi connectivity index (χ1) is 12.7. The topological polar surface area (TPSA) is 85.4 Å². The number of amides is 1. The van der Waals surface area contributed by atoms with Gasteiger partial charge in [0.1, 0.15) is 17.3 Å². The average Bonchev–Trinajstić information content (AvgIpc) is 2.59. The van der Waals surface area contributed by atoms with Crippen LogP contribution in [-0.4, -0.2) is 42.2 Å². The number of methoxy groups -OCH3 is 2. The summed E-state index contributed by atoms with van der Waals surface area (Å²) in [6, 6.07) is 7.39. The molecule has 0 saturated heterocycles. The van der Waals surface area contributed by atoms with Crippen LogP contribution in [0, 0.1) is 6.92 Å². The van der Waals surface area contributed by atoms with Crippen molar-refractivity contribution >= 4 is 11.7 Å². The number of carbonyl (C=O) groups is 1. The van der Waals surface area contributed by atoms with Gasteiger partial charge in [-0.2, -0.15) is 0 Å². The molecule has 0 atom stereocenters. The van der Waals surface area contributed by atoms with Gasteiger partial charge in [-0.15, -0.1) is 0 Å². The van der Waals surface area contributed by atoms with Crippen LogP contribution in [0.15, 0.2) is 24.3 Å². The summed E-state index contributed by atoms with van der Waals surface area (Å²) in [7, 11) is 3.20. The summed E-state index contributed by atoms with van der Waals surface area (Å²) < 4.78 is 10.5. The Kier molecular flexibility index (Phi) is 6.60. The second-order valence-corrected chi connectivity index (χ2v) is 7.26. The van der Waals surface area contributed by atoms with Crippen molar-refractivity contribution in [3.8, 4) is 11.5 Å². The first-order valence-corrected chi connectivity index (χ1v) is 8.85. The van der Waals surface area contributed by atoms with Gasteiger partial charge >= 0.3 is 0 Å². The fraction of sp³-hybridized carbons (Fsp3) is 0.450. The van der Waals surface area contributed by atoms with Crippen LogP contribution in [0.3, 0.4) is 0 Å². The van der Waals surface area contributed by atoms with Crippen LogP contribution in [0.5, 0.6) is 11.5 Å². The van der Waals surface area contributed by atoms with E-state index in [1.807, 2.05) is 39.0 Å². The molecule has 2 N–H and O–H groups in total. The molecule has 146 valence electrons. The molecule has 7 heteroatoms. The first-order valence-electron chi connectivity index (χ1n) is 8.85. The number of rotatable bonds is 7. The van der Waals surface area contributed by atoms with E-state index in [-0.39, 0.29) is 11.4 Å². The van der Waals surface area contributed by atoms with E-state index in [2.05, 4.69) is 20.6 Å². The Morgan fingerprint density at radius 2 is 1.78 bits per heavy atom. The summed E-state index contributed by atoms with van der Waals surface area (Å²) in [5, 5.41) is 6.17. The molecule has 0 unspecified atom stereocenters. The molecule has 1 aromatic carbocycles. The quantitative estimate of drug-likeness (QED) is 0.777. The molecule has 0 radical (unpaired) electrons. The molecule has 0 bridgehead atoms. The molecule has 1 aromatic heterocycles. The highest BCUT2D eigenvalue weighted by Crippen LogP contribution is 2.27. The molecule has 7 nitrogen and oxygen atoms in total. The Bertz CT molecular complexity index is 800. The fourth-order valence-corrected chi connectivity index (χ4v) is 2.58. The summed E-state index contributed by atoms with van der Waals surface area (Å²) in [5.74, 6) is 2.32. The SMILES string of the molecule is COc1ccc(CCNC(=O)c2cc(NC(C)(C)C)nc(C)n2)cc1OC. The van der Waals surface area contributed by atoms with Gasteiger partial charge in [0.15, 0.2) is 11.5 Å². The lowest BCUT2D eigenvalue weighted by Crippen LogP contribution is -2.29. The number of aryl methyl sites for hydroxylation is 1. The maximum absolute atomic E-state index is 12.5. The van der Waals surface area contributed by atoms with E-state index in [0.29, 0.717) is 41.8 Å². The van der Waals surface area contributed by atoms with Gasteiger partial charge in [-0.25, -0.2) is 9.97 Å². The summed E-state index contributed by atoms with van der Waals surface area (Å²) >= 11 is 0. The van der Waals surface area contributed by atoms with E-state index in [1.54, 1.807) is 27.2 Å². The summed E-state index contributed by atoms with van der Waals surface area (Å²) in [6.45, 7) is 8.36. The van der Waals surface area contributed by atoms with E-state index >= 15 is 0 Å². The lowest BCUT2D eigenvalue weighted by molar-refractivity contribution is 0.0948. The number of nitrogens with one attached hydrogen (secondary N) is 2. The number of carbonyl (C=O) groups excluding carboxylic acids is 1. The Balaban J connectivity index is 2.00. The van der Waals surface area contributed by atoms with Crippen molar-refractivity contribution in [1.29, 1.82) is 0 Å². The molecule has 0 aliphatic carbocycles. The normalized spacial score (nSPS) is 11.0. The van der Waals surface area contributed by atoms with Gasteiger partial charge in [-0.1, -0.05) is 6.07 Å². The zero-order valence-electron chi connectivity index (χ0n) is 16.8. The van der Waals surface area contributed by atoms with Gasteiger partial charge in [-0.05, 0) is 51.8 Å². The Morgan fingerprint density at radius 3 is 2.41 bits per heavy atom. The second kappa shape index (κ2) is 8.70. The van der Waals surface area contributed by atoms with Crippen molar-refractivity contribution in [3.63, 3.8) is 0 Å². The smallest absolute Gasteiger partial charge is 0.270 e. The van der Waals surface area contributed by atoms with Crippen LogP contribution in [0.1, 0.15) is 42.6 Å². The molecule has 0 saturated carbocycles. The highest BCUT2D eigenvalue weighted by Gasteiger charge is 2.14. The minimum atomic E-state index is -0.224. The van der Waals surface area contributed by atoms with Gasteiger partial charge in [0.2, 0.25) is 0 Å². The van der Waals surface area contributed by atoms with E-state index < -0.39 is 0 Å². The van der Waals surface area contributed by atoms with E-state index in [4.69, 9.17) is 9.47 Å². The van der Waals surface area contributed by atoms with Crippen molar-refractivity contribution in [3.05, 3.63) is 41.3 Å². The van der Waals surface area contributed by atoms with Crippen molar-refractivity contribution in [2.45, 2.75) is 39.7 Å². The van der Waals surface area contributed by atoms with Gasteiger partial charge in [0.05, 0.1) is 14.2 Å². The highest BCUT2D eigenvalue weighted by molar-refractivity contribution is 5.92. The van der Waals surface area contributed by atoms with Crippen molar-refractivity contribution in [1.82, 2.24) is 15.3 Å². The number of hydrogen-bond acceptors (Lipinski definition) is 6. The molecule has 0 aliphatic rings. The third kappa shape index (κ3) is 6.13. The van der Waals surface area contributed by atoms with Crippen molar-refractivity contribution in [2.75, 3.05) is 26.1 Å². The molecule has 1 heterocycles. The van der Waals surface area contributed by atoms with Crippen LogP contribution < -0.4 is 20.1 Å². The van der Waals surface area contributed by atoms with Gasteiger partial charge in [0, 0.05) is 18.2 Å². The molecule has 1 amide bonds. The van der Waals surface area contributed by atoms with Crippen LogP contribution in [0.25, 0.3) is 0 Å². The van der Waals surface area contributed by atoms with Gasteiger partial charge in [-0.3, -0.25) is 4.79 Å². The third-order valence-corrected chi connectivity index (χ3v) is 3.72. The molecule has 0 spiro atoms. The van der Waals surface area contributed by atoms with Crippen LogP contribution in [0.4, 0.5) is 5.82 Å². The molecule has 2 rings (SSSR count). The zero-order valence-corrected chi connectivity index (χ0v) is 16.8. The van der Waals surface area contributed by atoms with E-state index in [1.165, 1.54) is 0 Å². The van der Waals surface area contributed by atoms with E-state index in [0.717, 1.165) is 5.56 Å². The largest absolute Gasteiger partial charge is 0.493 e. The Morgan fingerprint density at radius 1 is 1.07 bits per heavy atom. The predicted octanol–water partition coefficient (Wildman–Crippen LogP) is 2.99. The summed E-state index contributed by atoms with van der Waals surface area (Å²) in [5.41, 5.74) is 1.24. The van der Waals surface area contributed by atoms with E-state index in [9.17, 15) is 4.79 Å². The number of benzene rings is 1. The lowest BCUT2D eigenvalue weighted by Gasteiger charge is -2.21. The minimum Gasteiger partial charge on any atom is -0.493 e. The van der Waals surface area contributed by atoms with Crippen LogP contribution in [-0.2, 0) is 6.42 Å². The number of anilines is 1. The molecular formula is C20H28N4O3. The molecular weight excluding hydrogens is 344 g/mol. The molecule has 0 fully saturated rings. The van der Waals surface area contributed by atoms with Crippen LogP contribution in [0.2, 0.25) is 0 Å². The summed E-state index contributed by atoms with van der Waals surface area (Å²) in [6.07, 6.45) is 0.670. The summed E-state index contributed by atoms with van der Waals surface area (Å²) in [4.78, 5) is 21.0. The Labute approximate surface area is 160 Å². The van der Waals surface area contributed by atoms with Gasteiger partial charge in [0.25, 0.3) is 5.91 Å². The highest BCUT2D eigenvalue weighted by atomic mass is 16.5. The second-order valence-electron chi connectivity index (χ2n) is 7.26. The molecule has 2 aromatic rings. The fourth-order valence-electron chi connectivity index (χ4n) is 2.58. The number of nitrogens with zero attached hydrogens (tertiary/aromatic N) is 2. The molecule has 0 aliphatic heterocycles. The Hall–Kier alpha value is -2.83. The zero-order chi connectivity index (χ0) is 20.0. The monoisotopic (exact) mass is 372 g/mol. The van der Waals surface area contributed by atoms with Gasteiger partial charge < -0.3 is 20.1 Å². The number of hydrogen-bond donors (Lipinski definition) is 2. The minimum absolute atomic E-state index is 0.151. The average molecular weight is 372 g/mol. The maximum atomic E-state index is 12.5. The molecule has 27 heavy (non-hydrogen) atoms. The van der Waals surface area contributed by atoms with Crippen LogP contribution >= 0.6 is 0 Å². The predicted molar refractivity (Wildman–Crippen MR) is 106 cm³/mol. The maximum Gasteiger partial charge on any atom is 0.270 e. The third-order valence-electron chi connectivity index (χ3n) is 3.72. The van der Waals surface area contributed by atoms with Crippen molar-refractivity contribution < 1.29 is 14.3 Å².